The standard InChI is InChI=1S/C18H21N3OS/c1-14(13-22-2)20-18(23)21-19-12-15-8-10-17(11-9-15)16-6-4-3-5-7-16/h3-12,14H,13H2,1-2H3,(H2,20,21,23)/b19-12-/t14-/m1/s1. The van der Waals surface area contributed by atoms with E-state index in [0.717, 1.165) is 5.56 Å². The molecule has 0 amide bonds. The van der Waals surface area contributed by atoms with Gasteiger partial charge in [0.1, 0.15) is 0 Å². The molecule has 2 aromatic carbocycles. The average Bonchev–Trinajstić information content (AvgIpc) is 2.56. The predicted molar refractivity (Wildman–Crippen MR) is 99.7 cm³/mol. The number of rotatable bonds is 6. The molecular weight excluding hydrogens is 306 g/mol. The van der Waals surface area contributed by atoms with E-state index in [-0.39, 0.29) is 6.04 Å². The summed E-state index contributed by atoms with van der Waals surface area (Å²) in [6, 6.07) is 18.6. The van der Waals surface area contributed by atoms with Crippen LogP contribution in [-0.2, 0) is 4.74 Å². The third-order valence-corrected chi connectivity index (χ3v) is 3.40. The first-order chi connectivity index (χ1) is 11.2. The summed E-state index contributed by atoms with van der Waals surface area (Å²) in [7, 11) is 1.66. The quantitative estimate of drug-likeness (QED) is 0.486. The Morgan fingerprint density at radius 1 is 1.13 bits per heavy atom. The van der Waals surface area contributed by atoms with Crippen LogP contribution in [-0.4, -0.2) is 31.1 Å². The summed E-state index contributed by atoms with van der Waals surface area (Å²) in [4.78, 5) is 0. The number of ether oxygens (including phenoxy) is 1. The van der Waals surface area contributed by atoms with E-state index in [9.17, 15) is 0 Å². The predicted octanol–water partition coefficient (Wildman–Crippen LogP) is 3.19. The van der Waals surface area contributed by atoms with Crippen molar-refractivity contribution in [2.75, 3.05) is 13.7 Å². The molecule has 1 atom stereocenters. The molecular formula is C18H21N3OS. The van der Waals surface area contributed by atoms with Crippen LogP contribution in [0.3, 0.4) is 0 Å². The van der Waals surface area contributed by atoms with E-state index in [4.69, 9.17) is 17.0 Å². The minimum Gasteiger partial charge on any atom is -0.383 e. The average molecular weight is 327 g/mol. The molecule has 4 nitrogen and oxygen atoms in total. The van der Waals surface area contributed by atoms with Crippen molar-refractivity contribution >= 4 is 23.5 Å². The molecule has 120 valence electrons. The van der Waals surface area contributed by atoms with Crippen molar-refractivity contribution in [3.63, 3.8) is 0 Å². The van der Waals surface area contributed by atoms with Gasteiger partial charge in [-0.05, 0) is 35.8 Å². The minimum absolute atomic E-state index is 0.139. The molecule has 0 heterocycles. The zero-order valence-corrected chi connectivity index (χ0v) is 14.1. The van der Waals surface area contributed by atoms with Gasteiger partial charge in [0.2, 0.25) is 0 Å². The molecule has 5 heteroatoms. The number of benzene rings is 2. The lowest BCUT2D eigenvalue weighted by molar-refractivity contribution is 0.179. The van der Waals surface area contributed by atoms with Crippen LogP contribution in [0.5, 0.6) is 0 Å². The lowest BCUT2D eigenvalue weighted by atomic mass is 10.0. The number of nitrogens with zero attached hydrogens (tertiary/aromatic N) is 1. The second kappa shape index (κ2) is 9.02. The highest BCUT2D eigenvalue weighted by Gasteiger charge is 2.01. The minimum atomic E-state index is 0.139. The third-order valence-electron chi connectivity index (χ3n) is 3.19. The molecule has 0 aliphatic rings. The van der Waals surface area contributed by atoms with E-state index in [1.54, 1.807) is 13.3 Å². The Morgan fingerprint density at radius 3 is 2.43 bits per heavy atom. The van der Waals surface area contributed by atoms with Crippen LogP contribution >= 0.6 is 12.2 Å². The number of nitrogens with one attached hydrogen (secondary N) is 2. The lowest BCUT2D eigenvalue weighted by Gasteiger charge is -2.13. The van der Waals surface area contributed by atoms with Gasteiger partial charge < -0.3 is 10.1 Å². The Kier molecular flexibility index (Phi) is 6.72. The van der Waals surface area contributed by atoms with Gasteiger partial charge in [-0.3, -0.25) is 5.43 Å². The fourth-order valence-electron chi connectivity index (χ4n) is 2.11. The molecule has 0 aromatic heterocycles. The molecule has 0 radical (unpaired) electrons. The normalized spacial score (nSPS) is 12.1. The molecule has 2 rings (SSSR count). The van der Waals surface area contributed by atoms with E-state index in [0.29, 0.717) is 11.7 Å². The Morgan fingerprint density at radius 2 is 1.78 bits per heavy atom. The van der Waals surface area contributed by atoms with Crippen molar-refractivity contribution in [1.82, 2.24) is 10.7 Å². The Labute approximate surface area is 142 Å². The highest BCUT2D eigenvalue weighted by molar-refractivity contribution is 7.80. The maximum absolute atomic E-state index is 5.15. The first-order valence-electron chi connectivity index (χ1n) is 7.43. The van der Waals surface area contributed by atoms with E-state index >= 15 is 0 Å². The summed E-state index contributed by atoms with van der Waals surface area (Å²) in [5.74, 6) is 0. The Hall–Kier alpha value is -2.24. The molecule has 0 saturated carbocycles. The van der Waals surface area contributed by atoms with E-state index < -0.39 is 0 Å². The van der Waals surface area contributed by atoms with E-state index in [1.165, 1.54) is 11.1 Å². The molecule has 0 aliphatic heterocycles. The van der Waals surface area contributed by atoms with Gasteiger partial charge in [-0.25, -0.2) is 0 Å². The number of thiocarbonyl (C=S) groups is 1. The van der Waals surface area contributed by atoms with Crippen LogP contribution < -0.4 is 10.7 Å². The Balaban J connectivity index is 1.87. The van der Waals surface area contributed by atoms with Crippen molar-refractivity contribution in [3.05, 3.63) is 60.2 Å². The smallest absolute Gasteiger partial charge is 0.187 e. The second-order valence-electron chi connectivity index (χ2n) is 5.19. The summed E-state index contributed by atoms with van der Waals surface area (Å²) in [6.07, 6.45) is 1.74. The van der Waals surface area contributed by atoms with Gasteiger partial charge in [-0.15, -0.1) is 0 Å². The van der Waals surface area contributed by atoms with Crippen LogP contribution in [0.15, 0.2) is 59.7 Å². The monoisotopic (exact) mass is 327 g/mol. The first-order valence-corrected chi connectivity index (χ1v) is 7.84. The Bertz CT molecular complexity index is 641. The number of hydrogen-bond acceptors (Lipinski definition) is 3. The van der Waals surface area contributed by atoms with Gasteiger partial charge in [0.05, 0.1) is 12.8 Å². The van der Waals surface area contributed by atoms with Gasteiger partial charge in [-0.2, -0.15) is 5.10 Å². The number of hydrogen-bond donors (Lipinski definition) is 2. The zero-order valence-electron chi connectivity index (χ0n) is 13.3. The van der Waals surface area contributed by atoms with Crippen LogP contribution in [0, 0.1) is 0 Å². The third kappa shape index (κ3) is 5.81. The van der Waals surface area contributed by atoms with Gasteiger partial charge in [0.25, 0.3) is 0 Å². The fraction of sp³-hybridized carbons (Fsp3) is 0.222. The van der Waals surface area contributed by atoms with Crippen molar-refractivity contribution in [3.8, 4) is 11.1 Å². The fourth-order valence-corrected chi connectivity index (χ4v) is 2.36. The van der Waals surface area contributed by atoms with E-state index in [2.05, 4.69) is 40.1 Å². The lowest BCUT2D eigenvalue weighted by Crippen LogP contribution is -2.40. The van der Waals surface area contributed by atoms with Crippen molar-refractivity contribution in [1.29, 1.82) is 0 Å². The SMILES string of the molecule is COC[C@@H](C)NC(=S)N/N=C\c1ccc(-c2ccccc2)cc1. The number of methoxy groups -OCH3 is 1. The summed E-state index contributed by atoms with van der Waals surface area (Å²) in [6.45, 7) is 2.58. The number of hydrazone groups is 1. The van der Waals surface area contributed by atoms with E-state index in [1.807, 2.05) is 37.3 Å². The molecule has 0 spiro atoms. The van der Waals surface area contributed by atoms with Crippen LogP contribution in [0.1, 0.15) is 12.5 Å². The summed E-state index contributed by atoms with van der Waals surface area (Å²) < 4.78 is 5.04. The molecule has 2 aromatic rings. The molecule has 0 bridgehead atoms. The molecule has 0 fully saturated rings. The molecule has 2 N–H and O–H groups in total. The van der Waals surface area contributed by atoms with Gasteiger partial charge in [-0.1, -0.05) is 54.6 Å². The van der Waals surface area contributed by atoms with Crippen molar-refractivity contribution < 1.29 is 4.74 Å². The first kappa shape index (κ1) is 17.1. The van der Waals surface area contributed by atoms with Gasteiger partial charge in [0.15, 0.2) is 5.11 Å². The summed E-state index contributed by atoms with van der Waals surface area (Å²) in [5.41, 5.74) is 6.19. The molecule has 0 unspecified atom stereocenters. The van der Waals surface area contributed by atoms with Gasteiger partial charge in [0, 0.05) is 13.2 Å². The zero-order chi connectivity index (χ0) is 16.5. The van der Waals surface area contributed by atoms with Crippen molar-refractivity contribution in [2.45, 2.75) is 13.0 Å². The van der Waals surface area contributed by atoms with Crippen molar-refractivity contribution in [2.24, 2.45) is 5.10 Å². The van der Waals surface area contributed by atoms with Crippen LogP contribution in [0.2, 0.25) is 0 Å². The van der Waals surface area contributed by atoms with Gasteiger partial charge >= 0.3 is 0 Å². The second-order valence-corrected chi connectivity index (χ2v) is 5.60. The molecule has 0 saturated heterocycles. The topological polar surface area (TPSA) is 45.6 Å². The van der Waals surface area contributed by atoms with Crippen LogP contribution in [0.4, 0.5) is 0 Å². The summed E-state index contributed by atoms with van der Waals surface area (Å²) >= 11 is 5.15. The maximum Gasteiger partial charge on any atom is 0.187 e. The summed E-state index contributed by atoms with van der Waals surface area (Å²) in [5, 5.41) is 7.70. The molecule has 23 heavy (non-hydrogen) atoms. The molecule has 0 aliphatic carbocycles. The highest BCUT2D eigenvalue weighted by atomic mass is 32.1. The largest absolute Gasteiger partial charge is 0.383 e. The maximum atomic E-state index is 5.15. The highest BCUT2D eigenvalue weighted by Crippen LogP contribution is 2.18. The van der Waals surface area contributed by atoms with Crippen LogP contribution in [0.25, 0.3) is 11.1 Å².